The van der Waals surface area contributed by atoms with Gasteiger partial charge in [0, 0.05) is 121 Å². The van der Waals surface area contributed by atoms with Gasteiger partial charge in [0.2, 0.25) is 41.5 Å². The number of methoxy groups -OCH3 is 3. The van der Waals surface area contributed by atoms with Crippen LogP contribution in [0.5, 0.6) is 23.0 Å². The van der Waals surface area contributed by atoms with Crippen molar-refractivity contribution in [1.29, 1.82) is 0 Å². The maximum absolute atomic E-state index is 14.0. The predicted molar refractivity (Wildman–Crippen MR) is 530 cm³/mol. The summed E-state index contributed by atoms with van der Waals surface area (Å²) in [4.78, 5) is 128. The largest absolute Gasteiger partial charge is 0.494 e. The van der Waals surface area contributed by atoms with Gasteiger partial charge in [-0.15, -0.1) is 0 Å². The first-order chi connectivity index (χ1) is 70.2. The summed E-state index contributed by atoms with van der Waals surface area (Å²) in [5.41, 5.74) is 31.2. The number of hydrogen-bond acceptors (Lipinski definition) is 34. The zero-order valence-electron chi connectivity index (χ0n) is 83.2. The van der Waals surface area contributed by atoms with Gasteiger partial charge in [-0.05, 0) is 142 Å². The van der Waals surface area contributed by atoms with Crippen LogP contribution in [0.3, 0.4) is 0 Å². The topological polar surface area (TPSA) is 637 Å². The molecular formula is C97H125N25O24. The van der Waals surface area contributed by atoms with Crippen LogP contribution in [0.1, 0.15) is 160 Å². The standard InChI is InChI=1S/C52H68N12O13.C45H57N13O11/c1-7-63-37(23-30(3)58-63)48(70)56-51-54-35-25-33(32(5)66)27-39(75-19-12-20-76-46-45(68)44(67)41(29-65)77-50(46)72-6)42(35)61(51)14-9-10-15-62-43-36(55-52(62)57-49(71)38-24-31(4)59-64(38)8-2)26-34(47(53)69)28-40(43)74-18-11-13-60-16-21-73-22-17-60;1-7-57-29(16-23(3)53-57)41(63)51-44-49-27-18-25(39(47)61)20-31(65-5)35(27)55(44)12-9-10-13-56-36-28(50-45(56)52-42(64)30-17-24(4)54-58(30)8-2)19-26(40(48)62)21-32(36)67-14-11-15-68-38-34(46)37(60)33(22-59)69-43(38)66-6/h9-10,23-28,41,44-46,50,65,67-68H,7-8,11-22,29H2,1-6H3,(H2,53,69)(H,54,56,70)(H,55,57,71);9-10,16-21,33-34,37-38,43,59-60H,7-8,11-15,22,46H2,1-6H3,(H2,47,61)(H2,48,62)(H,49,51,63)(H,50,52,64)/b2*10-9+/t41-,44-,45+,46-,50+;33-,34+,37-,38-,43+/m11/s1. The van der Waals surface area contributed by atoms with E-state index < -0.39 is 116 Å². The van der Waals surface area contributed by atoms with Gasteiger partial charge in [-0.1, -0.05) is 24.3 Å². The van der Waals surface area contributed by atoms with E-state index in [9.17, 15) is 63.9 Å². The minimum Gasteiger partial charge on any atom is -0.494 e. The molecule has 0 radical (unpaired) electrons. The van der Waals surface area contributed by atoms with E-state index in [0.29, 0.717) is 154 Å². The number of imidazole rings is 4. The van der Waals surface area contributed by atoms with Crippen LogP contribution >= 0.6 is 0 Å². The molecule has 0 unspecified atom stereocenters. The molecule has 49 nitrogen and oxygen atoms in total. The highest BCUT2D eigenvalue weighted by molar-refractivity contribution is 6.08. The third-order valence-electron chi connectivity index (χ3n) is 24.7. The summed E-state index contributed by atoms with van der Waals surface area (Å²) in [6.45, 7) is 21.5. The molecule has 146 heavy (non-hydrogen) atoms. The van der Waals surface area contributed by atoms with Gasteiger partial charge in [-0.3, -0.25) is 83.3 Å². The van der Waals surface area contributed by atoms with Gasteiger partial charge >= 0.3 is 0 Å². The number of nitrogens with one attached hydrogen (secondary N) is 4. The number of carbonyl (C=O) groups excluding carboxylic acids is 8. The Kier molecular flexibility index (Phi) is 35.7. The van der Waals surface area contributed by atoms with E-state index in [2.05, 4.69) is 51.5 Å². The van der Waals surface area contributed by atoms with Crippen LogP contribution in [0.25, 0.3) is 44.1 Å². The Morgan fingerprint density at radius 1 is 0.425 bits per heavy atom. The van der Waals surface area contributed by atoms with Gasteiger partial charge in [0.05, 0.1) is 117 Å². The van der Waals surface area contributed by atoms with Crippen molar-refractivity contribution in [2.45, 2.75) is 195 Å². The maximum atomic E-state index is 14.0. The van der Waals surface area contributed by atoms with E-state index in [1.165, 1.54) is 52.5 Å². The first-order valence-corrected chi connectivity index (χ1v) is 47.9. The maximum Gasteiger partial charge on any atom is 0.276 e. The summed E-state index contributed by atoms with van der Waals surface area (Å²) in [7, 11) is 4.20. The number of allylic oxidation sites excluding steroid dienone is 4. The number of Topliss-reactive ketones (excluding diaryl/α,β-unsaturated/α-hetero) is 1. The second kappa shape index (κ2) is 48.6. The molecule has 0 aliphatic carbocycles. The molecule has 3 fully saturated rings. The summed E-state index contributed by atoms with van der Waals surface area (Å²) < 4.78 is 77.4. The number of fused-ring (bicyclic) bond motifs is 4. The number of morpholine rings is 1. The first-order valence-electron chi connectivity index (χ1n) is 47.9. The molecule has 12 aromatic rings. The lowest BCUT2D eigenvalue weighted by Gasteiger charge is -2.42. The van der Waals surface area contributed by atoms with Gasteiger partial charge in [0.25, 0.3) is 23.6 Å². The number of aryl methyl sites for hydroxylation is 8. The number of ketones is 1. The zero-order chi connectivity index (χ0) is 105. The summed E-state index contributed by atoms with van der Waals surface area (Å²) in [6, 6.07) is 18.1. The molecule has 0 bridgehead atoms. The molecule has 10 atom stereocenters. The number of amides is 7. The lowest BCUT2D eigenvalue weighted by molar-refractivity contribution is -0.303. The molecule has 4 aromatic carbocycles. The van der Waals surface area contributed by atoms with E-state index in [4.69, 9.17) is 90.0 Å². The average Bonchev–Trinajstić information content (AvgIpc) is 1.62. The quantitative estimate of drug-likeness (QED) is 0.0142. The number of nitrogens with two attached hydrogens (primary N) is 4. The summed E-state index contributed by atoms with van der Waals surface area (Å²) >= 11 is 0. The third-order valence-corrected chi connectivity index (χ3v) is 24.7. The van der Waals surface area contributed by atoms with Gasteiger partial charge in [0.15, 0.2) is 18.4 Å². The van der Waals surface area contributed by atoms with Crippen molar-refractivity contribution in [3.8, 4) is 23.0 Å². The number of carbonyl (C=O) groups is 8. The highest BCUT2D eigenvalue weighted by Crippen LogP contribution is 2.38. The fourth-order valence-electron chi connectivity index (χ4n) is 17.5. The molecular weight excluding hydrogens is 1900 g/mol. The van der Waals surface area contributed by atoms with Gasteiger partial charge in [-0.2, -0.15) is 20.4 Å². The van der Waals surface area contributed by atoms with Crippen LogP contribution in [-0.2, 0) is 85.5 Å². The Labute approximate surface area is 837 Å². The van der Waals surface area contributed by atoms with Crippen LogP contribution in [0.2, 0.25) is 0 Å². The van der Waals surface area contributed by atoms with Crippen molar-refractivity contribution in [2.24, 2.45) is 22.9 Å². The van der Waals surface area contributed by atoms with Crippen molar-refractivity contribution < 1.29 is 116 Å². The van der Waals surface area contributed by atoms with Gasteiger partial charge in [-0.25, -0.2) is 19.9 Å². The smallest absolute Gasteiger partial charge is 0.276 e. The lowest BCUT2D eigenvalue weighted by atomic mass is 9.97. The Morgan fingerprint density at radius 2 is 0.740 bits per heavy atom. The minimum absolute atomic E-state index is 0.0309. The number of rotatable bonds is 46. The summed E-state index contributed by atoms with van der Waals surface area (Å²) in [5.74, 6) is -2.62. The SMILES string of the molecule is CCn1nc(C)cc1C(=O)Nc1nc2cc(C(C)=O)cc(OCCCO[C@H]3[C@@H](OC)O[C@H](CO)[C@@H](O)[C@@H]3O)c2n1C/C=C/Cn1c(NC(=O)c2cc(C)nn2CC)nc2cc(C(N)=O)cc(OCCCN3CCOCC3)c21.CCn1nc(C)cc1C(=O)Nc1nc2cc(C(N)=O)cc(OC)c2n1C/C=C/Cn1c(NC(=O)c2cc(C)nn2CC)nc2cc(C(N)=O)cc(OCCCO[C@H]3[C@@H](OC)O[C@H](CO)[C@@H](O)[C@@H]3N)c21. The lowest BCUT2D eigenvalue weighted by Crippen LogP contribution is -2.63. The number of aliphatic hydroxyl groups is 5. The van der Waals surface area contributed by atoms with Crippen molar-refractivity contribution in [1.82, 2.24) is 82.2 Å². The molecule has 17 N–H and O–H groups in total. The van der Waals surface area contributed by atoms with Crippen LogP contribution in [-0.4, -0.2) is 317 Å². The predicted octanol–water partition coefficient (Wildman–Crippen LogP) is 4.45. The van der Waals surface area contributed by atoms with E-state index in [0.717, 1.165) is 19.6 Å². The van der Waals surface area contributed by atoms with E-state index in [-0.39, 0.29) is 128 Å². The second-order valence-corrected chi connectivity index (χ2v) is 34.8. The highest BCUT2D eigenvalue weighted by Gasteiger charge is 2.47. The molecule has 3 aliphatic rings. The molecule has 782 valence electrons. The van der Waals surface area contributed by atoms with Crippen LogP contribution in [0, 0.1) is 27.7 Å². The number of primary amides is 3. The number of nitrogens with zero attached hydrogens (tertiary/aromatic N) is 17. The number of hydrogen-bond donors (Lipinski definition) is 13. The molecule has 49 heteroatoms. The zero-order valence-corrected chi connectivity index (χ0v) is 83.2. The van der Waals surface area contributed by atoms with Crippen molar-refractivity contribution in [3.05, 3.63) is 165 Å². The summed E-state index contributed by atoms with van der Waals surface area (Å²) in [6.07, 6.45) is -1.45. The molecule has 11 heterocycles. The van der Waals surface area contributed by atoms with Crippen molar-refractivity contribution in [2.75, 3.05) is 122 Å². The average molecular weight is 2030 g/mol. The van der Waals surface area contributed by atoms with Crippen LogP contribution < -0.4 is 63.1 Å². The highest BCUT2D eigenvalue weighted by atomic mass is 16.7. The normalized spacial score (nSPS) is 18.7. The minimum atomic E-state index is -1.41. The molecule has 8 aromatic heterocycles. The number of anilines is 4. The molecule has 0 spiro atoms. The molecule has 0 saturated carbocycles. The van der Waals surface area contributed by atoms with Crippen LogP contribution in [0.4, 0.5) is 23.8 Å². The Hall–Kier alpha value is -14.3. The summed E-state index contributed by atoms with van der Waals surface area (Å²) in [5, 5.41) is 80.5. The number of benzene rings is 4. The molecule has 15 rings (SSSR count). The van der Waals surface area contributed by atoms with E-state index >= 15 is 0 Å². The molecule has 7 amide bonds. The van der Waals surface area contributed by atoms with Crippen molar-refractivity contribution >= 4 is 115 Å². The second-order valence-electron chi connectivity index (χ2n) is 34.8. The fourth-order valence-corrected chi connectivity index (χ4v) is 17.5. The third kappa shape index (κ3) is 24.4. The molecule has 3 aliphatic heterocycles. The number of aliphatic hydroxyl groups excluding tert-OH is 5. The van der Waals surface area contributed by atoms with E-state index in [1.807, 2.05) is 39.8 Å². The number of aromatic nitrogens is 16. The Morgan fingerprint density at radius 3 is 1.07 bits per heavy atom. The Balaban J connectivity index is 0.000000232. The fraction of sp³-hybridized carbons (Fsp3) is 0.464. The monoisotopic (exact) mass is 2020 g/mol. The van der Waals surface area contributed by atoms with Crippen LogP contribution in [0.15, 0.2) is 97.1 Å². The first kappa shape index (κ1) is 107. The van der Waals surface area contributed by atoms with E-state index in [1.54, 1.807) is 125 Å². The van der Waals surface area contributed by atoms with Gasteiger partial charge in [0.1, 0.15) is 111 Å². The molecule has 3 saturated heterocycles. The Bertz CT molecular complexity index is 6790. The number of ether oxygens (including phenoxy) is 11. The van der Waals surface area contributed by atoms with Gasteiger partial charge < -0.3 is 119 Å². The van der Waals surface area contributed by atoms with Crippen molar-refractivity contribution in [3.63, 3.8) is 0 Å².